The van der Waals surface area contributed by atoms with Crippen molar-refractivity contribution in [3.05, 3.63) is 54.2 Å². The molecule has 3 aromatic rings. The molecule has 0 radical (unpaired) electrons. The summed E-state index contributed by atoms with van der Waals surface area (Å²) in [6.45, 7) is 5.10. The number of benzene rings is 1. The number of fused-ring (bicyclic) bond motifs is 1. The fraction of sp³-hybridized carbons (Fsp3) is 0.364. The van der Waals surface area contributed by atoms with Crippen LogP contribution in [0.25, 0.3) is 11.0 Å². The van der Waals surface area contributed by atoms with Crippen LogP contribution in [0.5, 0.6) is 5.75 Å². The number of carbonyl (C=O) groups excluding carboxylic acids is 2. The van der Waals surface area contributed by atoms with Crippen LogP contribution < -0.4 is 10.1 Å². The van der Waals surface area contributed by atoms with Gasteiger partial charge < -0.3 is 23.8 Å². The third kappa shape index (κ3) is 3.99. The quantitative estimate of drug-likeness (QED) is 0.659. The molecule has 7 heteroatoms. The van der Waals surface area contributed by atoms with Gasteiger partial charge in [0, 0.05) is 18.4 Å². The van der Waals surface area contributed by atoms with E-state index in [9.17, 15) is 9.59 Å². The summed E-state index contributed by atoms with van der Waals surface area (Å²) in [7, 11) is 0. The van der Waals surface area contributed by atoms with Crippen LogP contribution in [0.3, 0.4) is 0 Å². The molecule has 1 aliphatic heterocycles. The Hall–Kier alpha value is -3.22. The smallest absolute Gasteiger partial charge is 0.226 e. The van der Waals surface area contributed by atoms with Gasteiger partial charge in [0.1, 0.15) is 11.5 Å². The number of amides is 2. The van der Waals surface area contributed by atoms with Crippen molar-refractivity contribution in [3.8, 4) is 5.75 Å². The number of furan rings is 2. The lowest BCUT2D eigenvalue weighted by Crippen LogP contribution is -2.34. The first-order chi connectivity index (χ1) is 14.0. The lowest BCUT2D eigenvalue weighted by Gasteiger charge is -2.17. The van der Waals surface area contributed by atoms with Crippen LogP contribution in [-0.4, -0.2) is 29.9 Å². The van der Waals surface area contributed by atoms with Gasteiger partial charge in [-0.2, -0.15) is 0 Å². The standard InChI is InChI=1S/C22H24N2O5/c1-3-27-18-8-4-6-15-10-19(29-21(15)18)14(2)23-22(26)16-11-20(25)24(12-16)13-17-7-5-9-28-17/h4-10,14,16H,3,11-13H2,1-2H3,(H,23,26). The molecule has 2 amide bonds. The Morgan fingerprint density at radius 1 is 1.34 bits per heavy atom. The number of hydrogen-bond donors (Lipinski definition) is 1. The first-order valence-corrected chi connectivity index (χ1v) is 9.81. The maximum atomic E-state index is 12.7. The number of nitrogens with zero attached hydrogens (tertiary/aromatic N) is 1. The Labute approximate surface area is 168 Å². The maximum absolute atomic E-state index is 12.7. The lowest BCUT2D eigenvalue weighted by molar-refractivity contribution is -0.129. The van der Waals surface area contributed by atoms with Gasteiger partial charge in [0.15, 0.2) is 11.3 Å². The zero-order chi connectivity index (χ0) is 20.4. The van der Waals surface area contributed by atoms with E-state index in [-0.39, 0.29) is 30.2 Å². The van der Waals surface area contributed by atoms with Crippen molar-refractivity contribution in [1.82, 2.24) is 10.2 Å². The van der Waals surface area contributed by atoms with Gasteiger partial charge in [-0.15, -0.1) is 0 Å². The van der Waals surface area contributed by atoms with Crippen molar-refractivity contribution in [1.29, 1.82) is 0 Å². The van der Waals surface area contributed by atoms with Crippen molar-refractivity contribution < 1.29 is 23.2 Å². The molecule has 1 saturated heterocycles. The Bertz CT molecular complexity index is 1010. The number of carbonyl (C=O) groups is 2. The van der Waals surface area contributed by atoms with Gasteiger partial charge in [0.05, 0.1) is 31.4 Å². The number of para-hydroxylation sites is 1. The van der Waals surface area contributed by atoms with Gasteiger partial charge in [0.25, 0.3) is 0 Å². The largest absolute Gasteiger partial charge is 0.490 e. The average molecular weight is 396 g/mol. The molecule has 152 valence electrons. The number of likely N-dealkylation sites (tertiary alicyclic amines) is 1. The second-order valence-corrected chi connectivity index (χ2v) is 7.24. The van der Waals surface area contributed by atoms with E-state index in [1.54, 1.807) is 17.2 Å². The molecule has 0 saturated carbocycles. The minimum Gasteiger partial charge on any atom is -0.490 e. The van der Waals surface area contributed by atoms with E-state index in [4.69, 9.17) is 13.6 Å². The van der Waals surface area contributed by atoms with E-state index in [2.05, 4.69) is 5.32 Å². The van der Waals surface area contributed by atoms with E-state index < -0.39 is 0 Å². The Morgan fingerprint density at radius 2 is 2.21 bits per heavy atom. The molecule has 0 bridgehead atoms. The molecule has 1 aromatic carbocycles. The highest BCUT2D eigenvalue weighted by atomic mass is 16.5. The normalized spacial score (nSPS) is 17.7. The minimum atomic E-state index is -0.386. The van der Waals surface area contributed by atoms with Crippen LogP contribution in [0.4, 0.5) is 0 Å². The summed E-state index contributed by atoms with van der Waals surface area (Å²) in [6.07, 6.45) is 1.78. The van der Waals surface area contributed by atoms with Gasteiger partial charge in [-0.1, -0.05) is 12.1 Å². The highest BCUT2D eigenvalue weighted by Crippen LogP contribution is 2.31. The summed E-state index contributed by atoms with van der Waals surface area (Å²) in [6, 6.07) is 10.9. The van der Waals surface area contributed by atoms with E-state index in [1.165, 1.54) is 0 Å². The topological polar surface area (TPSA) is 84.9 Å². The molecule has 7 nitrogen and oxygen atoms in total. The zero-order valence-corrected chi connectivity index (χ0v) is 16.5. The molecule has 0 aliphatic carbocycles. The van der Waals surface area contributed by atoms with Crippen LogP contribution >= 0.6 is 0 Å². The lowest BCUT2D eigenvalue weighted by atomic mass is 10.1. The predicted molar refractivity (Wildman–Crippen MR) is 106 cm³/mol. The van der Waals surface area contributed by atoms with Crippen molar-refractivity contribution >= 4 is 22.8 Å². The Kier molecular flexibility index (Phi) is 5.29. The second-order valence-electron chi connectivity index (χ2n) is 7.24. The van der Waals surface area contributed by atoms with Crippen LogP contribution in [-0.2, 0) is 16.1 Å². The molecule has 1 N–H and O–H groups in total. The Morgan fingerprint density at radius 3 is 2.97 bits per heavy atom. The summed E-state index contributed by atoms with van der Waals surface area (Å²) in [5, 5.41) is 3.90. The molecule has 29 heavy (non-hydrogen) atoms. The van der Waals surface area contributed by atoms with Crippen LogP contribution in [0.2, 0.25) is 0 Å². The molecule has 3 heterocycles. The van der Waals surface area contributed by atoms with Crippen LogP contribution in [0, 0.1) is 5.92 Å². The molecule has 2 atom stereocenters. The summed E-state index contributed by atoms with van der Waals surface area (Å²) < 4.78 is 16.9. The molecule has 1 fully saturated rings. The van der Waals surface area contributed by atoms with Gasteiger partial charge in [-0.05, 0) is 38.1 Å². The summed E-state index contributed by atoms with van der Waals surface area (Å²) in [5.74, 6) is 1.46. The molecular formula is C22H24N2O5. The van der Waals surface area contributed by atoms with E-state index in [0.29, 0.717) is 42.5 Å². The average Bonchev–Trinajstić information content (AvgIpc) is 3.43. The summed E-state index contributed by atoms with van der Waals surface area (Å²) in [5.41, 5.74) is 0.672. The predicted octanol–water partition coefficient (Wildman–Crippen LogP) is 3.65. The first-order valence-electron chi connectivity index (χ1n) is 9.81. The van der Waals surface area contributed by atoms with Gasteiger partial charge in [-0.25, -0.2) is 0 Å². The molecule has 4 rings (SSSR count). The number of nitrogens with one attached hydrogen (secondary N) is 1. The van der Waals surface area contributed by atoms with E-state index in [1.807, 2.05) is 44.2 Å². The fourth-order valence-corrected chi connectivity index (χ4v) is 3.63. The van der Waals surface area contributed by atoms with Crippen LogP contribution in [0.15, 0.2) is 51.5 Å². The minimum absolute atomic E-state index is 0.0423. The number of ether oxygens (including phenoxy) is 1. The monoisotopic (exact) mass is 396 g/mol. The van der Waals surface area contributed by atoms with Crippen LogP contribution in [0.1, 0.15) is 37.8 Å². The van der Waals surface area contributed by atoms with Gasteiger partial charge in [-0.3, -0.25) is 9.59 Å². The molecule has 2 unspecified atom stereocenters. The summed E-state index contributed by atoms with van der Waals surface area (Å²) >= 11 is 0. The summed E-state index contributed by atoms with van der Waals surface area (Å²) in [4.78, 5) is 26.6. The maximum Gasteiger partial charge on any atom is 0.226 e. The third-order valence-corrected chi connectivity index (χ3v) is 5.12. The number of rotatable bonds is 7. The molecule has 2 aromatic heterocycles. The Balaban J connectivity index is 1.41. The zero-order valence-electron chi connectivity index (χ0n) is 16.5. The SMILES string of the molecule is CCOc1cccc2cc(C(C)NC(=O)C3CC(=O)N(Cc4ccco4)C3)oc12. The van der Waals surface area contributed by atoms with E-state index in [0.717, 1.165) is 5.39 Å². The fourth-order valence-electron chi connectivity index (χ4n) is 3.63. The van der Waals surface area contributed by atoms with Gasteiger partial charge >= 0.3 is 0 Å². The van der Waals surface area contributed by atoms with Gasteiger partial charge in [0.2, 0.25) is 11.8 Å². The first kappa shape index (κ1) is 19.1. The molecule has 1 aliphatic rings. The van der Waals surface area contributed by atoms with Crippen molar-refractivity contribution in [2.24, 2.45) is 5.92 Å². The van der Waals surface area contributed by atoms with Crippen molar-refractivity contribution in [2.75, 3.05) is 13.2 Å². The highest BCUT2D eigenvalue weighted by molar-refractivity contribution is 5.89. The molecule has 0 spiro atoms. The molecular weight excluding hydrogens is 372 g/mol. The highest BCUT2D eigenvalue weighted by Gasteiger charge is 2.35. The third-order valence-electron chi connectivity index (χ3n) is 5.12. The van der Waals surface area contributed by atoms with Crippen molar-refractivity contribution in [2.45, 2.75) is 32.9 Å². The van der Waals surface area contributed by atoms with Crippen molar-refractivity contribution in [3.63, 3.8) is 0 Å². The number of hydrogen-bond acceptors (Lipinski definition) is 5. The second kappa shape index (κ2) is 8.03. The van der Waals surface area contributed by atoms with E-state index >= 15 is 0 Å².